The summed E-state index contributed by atoms with van der Waals surface area (Å²) < 4.78 is 17.4. The average Bonchev–Trinajstić information content (AvgIpc) is 2.78. The molecule has 3 rings (SSSR count). The molecule has 2 fully saturated rings. The Morgan fingerprint density at radius 1 is 0.867 bits per heavy atom. The highest BCUT2D eigenvalue weighted by Gasteiger charge is 2.45. The molecule has 1 unspecified atom stereocenters. The summed E-state index contributed by atoms with van der Waals surface area (Å²) >= 11 is 0. The molecule has 2 saturated heterocycles. The highest BCUT2D eigenvalue weighted by atomic mass is 16.7. The molecule has 0 aromatic heterocycles. The lowest BCUT2D eigenvalue weighted by Crippen LogP contribution is -2.59. The van der Waals surface area contributed by atoms with Crippen LogP contribution in [0, 0.1) is 5.92 Å². The number of hydrogen-bond acceptors (Lipinski definition) is 9. The monoisotopic (exact) mass is 428 g/mol. The van der Waals surface area contributed by atoms with Gasteiger partial charge in [-0.2, -0.15) is 0 Å². The topological polar surface area (TPSA) is 149 Å². The number of ether oxygens (including phenoxy) is 3. The minimum atomic E-state index is -1.42. The van der Waals surface area contributed by atoms with Crippen LogP contribution in [-0.4, -0.2) is 93.4 Å². The Morgan fingerprint density at radius 3 is 2.20 bits per heavy atom. The molecule has 9 atom stereocenters. The van der Waals surface area contributed by atoms with Crippen LogP contribution in [-0.2, 0) is 14.2 Å². The second-order valence-corrected chi connectivity index (χ2v) is 8.03. The van der Waals surface area contributed by atoms with E-state index in [0.29, 0.717) is 19.3 Å². The van der Waals surface area contributed by atoms with Gasteiger partial charge in [-0.15, -0.1) is 0 Å². The van der Waals surface area contributed by atoms with Crippen LogP contribution in [0.3, 0.4) is 0 Å². The van der Waals surface area contributed by atoms with Gasteiger partial charge in [0.2, 0.25) is 0 Å². The molecule has 0 amide bonds. The van der Waals surface area contributed by atoms with Crippen molar-refractivity contribution in [2.24, 2.45) is 5.92 Å². The smallest absolute Gasteiger partial charge is 0.159 e. The Bertz CT molecular complexity index is 628. The molecule has 30 heavy (non-hydrogen) atoms. The van der Waals surface area contributed by atoms with E-state index in [1.165, 1.54) is 0 Å². The molecule has 0 spiro atoms. The maximum Gasteiger partial charge on any atom is 0.159 e. The standard InChI is InChI=1S/C21H32O9/c22-9-14-6-12(7-15-19(25)21(27)20(26)17(11-24)29-15)8-18(28-14)30-16(10-23)13-4-2-1-3-5-13/h1-5,12,14-27H,6-11H2/t12-,14+,15-,16?,17-,18-,19+,20+,21-/m1/s1. The third-order valence-electron chi connectivity index (χ3n) is 5.88. The Balaban J connectivity index is 1.65. The Kier molecular flexibility index (Phi) is 8.58. The van der Waals surface area contributed by atoms with Gasteiger partial charge in [0.15, 0.2) is 6.29 Å². The van der Waals surface area contributed by atoms with Crippen LogP contribution in [0.5, 0.6) is 0 Å². The largest absolute Gasteiger partial charge is 0.394 e. The maximum absolute atomic E-state index is 10.3. The van der Waals surface area contributed by atoms with Crippen molar-refractivity contribution in [3.05, 3.63) is 35.9 Å². The number of hydrogen-bond donors (Lipinski definition) is 6. The first kappa shape index (κ1) is 23.5. The zero-order valence-corrected chi connectivity index (χ0v) is 16.7. The average molecular weight is 428 g/mol. The van der Waals surface area contributed by atoms with Crippen molar-refractivity contribution >= 4 is 0 Å². The minimum absolute atomic E-state index is 0.0718. The molecule has 2 heterocycles. The Hall–Kier alpha value is -1.14. The fourth-order valence-corrected chi connectivity index (χ4v) is 4.24. The molecule has 0 bridgehead atoms. The van der Waals surface area contributed by atoms with Crippen LogP contribution in [0.25, 0.3) is 0 Å². The van der Waals surface area contributed by atoms with Crippen molar-refractivity contribution in [2.75, 3.05) is 19.8 Å². The van der Waals surface area contributed by atoms with Crippen molar-refractivity contribution in [3.63, 3.8) is 0 Å². The van der Waals surface area contributed by atoms with Crippen molar-refractivity contribution < 1.29 is 44.8 Å². The maximum atomic E-state index is 10.3. The lowest BCUT2D eigenvalue weighted by molar-refractivity contribution is -0.252. The number of aliphatic hydroxyl groups is 6. The van der Waals surface area contributed by atoms with Crippen LogP contribution >= 0.6 is 0 Å². The molecule has 170 valence electrons. The number of aliphatic hydroxyl groups excluding tert-OH is 6. The molecule has 0 radical (unpaired) electrons. The first-order chi connectivity index (χ1) is 14.5. The number of rotatable bonds is 8. The SMILES string of the molecule is OCC(O[C@@H]1C[C@@H](C[C@H]2O[C@H](CO)[C@H](O)[C@H](O)[C@H]2O)C[C@@H](CO)O1)c1ccccc1. The van der Waals surface area contributed by atoms with E-state index >= 15 is 0 Å². The fourth-order valence-electron chi connectivity index (χ4n) is 4.24. The number of benzene rings is 1. The van der Waals surface area contributed by atoms with Crippen LogP contribution in [0.4, 0.5) is 0 Å². The van der Waals surface area contributed by atoms with Crippen molar-refractivity contribution in [3.8, 4) is 0 Å². The molecular formula is C21H32O9. The predicted molar refractivity (Wildman–Crippen MR) is 104 cm³/mol. The second kappa shape index (κ2) is 10.9. The van der Waals surface area contributed by atoms with Gasteiger partial charge < -0.3 is 44.8 Å². The van der Waals surface area contributed by atoms with E-state index in [4.69, 9.17) is 14.2 Å². The zero-order valence-electron chi connectivity index (χ0n) is 16.7. The normalized spacial score (nSPS) is 38.3. The quantitative estimate of drug-likeness (QED) is 0.309. The first-order valence-corrected chi connectivity index (χ1v) is 10.3. The zero-order chi connectivity index (χ0) is 21.7. The van der Waals surface area contributed by atoms with Gasteiger partial charge in [-0.1, -0.05) is 30.3 Å². The molecule has 1 aromatic rings. The summed E-state index contributed by atoms with van der Waals surface area (Å²) in [5.41, 5.74) is 0.806. The third kappa shape index (κ3) is 5.56. The molecular weight excluding hydrogens is 396 g/mol. The van der Waals surface area contributed by atoms with Crippen LogP contribution in [0.1, 0.15) is 30.9 Å². The van der Waals surface area contributed by atoms with E-state index in [9.17, 15) is 30.6 Å². The van der Waals surface area contributed by atoms with Crippen molar-refractivity contribution in [1.29, 1.82) is 0 Å². The molecule has 1 aromatic carbocycles. The summed E-state index contributed by atoms with van der Waals surface area (Å²) in [6.45, 7) is -0.916. The third-order valence-corrected chi connectivity index (χ3v) is 5.88. The molecule has 9 heteroatoms. The molecule has 0 saturated carbocycles. The summed E-state index contributed by atoms with van der Waals surface area (Å²) in [6.07, 6.45) is -6.32. The predicted octanol–water partition coefficient (Wildman–Crippen LogP) is -0.917. The molecule has 2 aliphatic rings. The van der Waals surface area contributed by atoms with E-state index in [0.717, 1.165) is 5.56 Å². The highest BCUT2D eigenvalue weighted by molar-refractivity contribution is 5.17. The van der Waals surface area contributed by atoms with Gasteiger partial charge in [0.05, 0.1) is 32.0 Å². The molecule has 2 aliphatic heterocycles. The first-order valence-electron chi connectivity index (χ1n) is 10.3. The van der Waals surface area contributed by atoms with Gasteiger partial charge in [0, 0.05) is 6.42 Å². The van der Waals surface area contributed by atoms with E-state index in [2.05, 4.69) is 0 Å². The molecule has 9 nitrogen and oxygen atoms in total. The molecule has 0 aliphatic carbocycles. The van der Waals surface area contributed by atoms with E-state index in [-0.39, 0.29) is 19.1 Å². The lowest BCUT2D eigenvalue weighted by atomic mass is 9.84. The van der Waals surface area contributed by atoms with Gasteiger partial charge in [0.25, 0.3) is 0 Å². The Morgan fingerprint density at radius 2 is 1.57 bits per heavy atom. The Labute approximate surface area is 175 Å². The van der Waals surface area contributed by atoms with Crippen molar-refractivity contribution in [1.82, 2.24) is 0 Å². The van der Waals surface area contributed by atoms with Gasteiger partial charge in [-0.3, -0.25) is 0 Å². The lowest BCUT2D eigenvalue weighted by Gasteiger charge is -2.43. The van der Waals surface area contributed by atoms with Gasteiger partial charge >= 0.3 is 0 Å². The second-order valence-electron chi connectivity index (χ2n) is 8.03. The van der Waals surface area contributed by atoms with E-state index < -0.39 is 55.6 Å². The minimum Gasteiger partial charge on any atom is -0.394 e. The summed E-state index contributed by atoms with van der Waals surface area (Å²) in [5.74, 6) is -0.0718. The van der Waals surface area contributed by atoms with Gasteiger partial charge in [0.1, 0.15) is 30.5 Å². The van der Waals surface area contributed by atoms with Crippen molar-refractivity contribution in [2.45, 2.75) is 68.3 Å². The summed E-state index contributed by atoms with van der Waals surface area (Å²) in [6, 6.07) is 9.26. The summed E-state index contributed by atoms with van der Waals surface area (Å²) in [5, 5.41) is 59.0. The fraction of sp³-hybridized carbons (Fsp3) is 0.714. The highest BCUT2D eigenvalue weighted by Crippen LogP contribution is 2.35. The van der Waals surface area contributed by atoms with Gasteiger partial charge in [-0.05, 0) is 24.3 Å². The molecule has 6 N–H and O–H groups in total. The van der Waals surface area contributed by atoms with E-state index in [1.54, 1.807) is 0 Å². The summed E-state index contributed by atoms with van der Waals surface area (Å²) in [7, 11) is 0. The van der Waals surface area contributed by atoms with E-state index in [1.807, 2.05) is 30.3 Å². The van der Waals surface area contributed by atoms with Crippen LogP contribution in [0.2, 0.25) is 0 Å². The van der Waals surface area contributed by atoms with Gasteiger partial charge in [-0.25, -0.2) is 0 Å². The summed E-state index contributed by atoms with van der Waals surface area (Å²) in [4.78, 5) is 0. The van der Waals surface area contributed by atoms with Crippen LogP contribution in [0.15, 0.2) is 30.3 Å². The van der Waals surface area contributed by atoms with Crippen LogP contribution < -0.4 is 0 Å².